The number of likely N-dealkylation sites (tertiary alicyclic amines) is 1. The van der Waals surface area contributed by atoms with Crippen molar-refractivity contribution in [1.82, 2.24) is 4.90 Å². The normalized spacial score (nSPS) is 15.0. The van der Waals surface area contributed by atoms with E-state index in [1.165, 1.54) is 18.2 Å². The van der Waals surface area contributed by atoms with Gasteiger partial charge in [-0.25, -0.2) is 4.39 Å². The maximum atomic E-state index is 13.2. The van der Waals surface area contributed by atoms with Crippen LogP contribution in [-0.2, 0) is 4.79 Å². The number of benzene rings is 2. The minimum absolute atomic E-state index is 0.00494. The van der Waals surface area contributed by atoms with Crippen LogP contribution >= 0.6 is 22.6 Å². The second kappa shape index (κ2) is 7.95. The van der Waals surface area contributed by atoms with Gasteiger partial charge in [0, 0.05) is 28.3 Å². The maximum absolute atomic E-state index is 13.2. The van der Waals surface area contributed by atoms with Crippen LogP contribution in [0.1, 0.15) is 23.2 Å². The fraction of sp³-hybridized carbons (Fsp3) is 0.263. The number of amides is 2. The van der Waals surface area contributed by atoms with Gasteiger partial charge in [-0.15, -0.1) is 0 Å². The second-order valence-corrected chi connectivity index (χ2v) is 7.21. The van der Waals surface area contributed by atoms with Crippen LogP contribution in [0, 0.1) is 15.3 Å². The summed E-state index contributed by atoms with van der Waals surface area (Å²) in [6.07, 6.45) is 1.25. The molecule has 1 aliphatic heterocycles. The van der Waals surface area contributed by atoms with E-state index in [4.69, 9.17) is 0 Å². The average molecular weight is 452 g/mol. The molecule has 0 spiro atoms. The minimum atomic E-state index is -0.350. The third kappa shape index (κ3) is 4.36. The summed E-state index contributed by atoms with van der Waals surface area (Å²) in [5, 5.41) is 2.92. The smallest absolute Gasteiger partial charge is 0.254 e. The molecule has 3 rings (SSSR count). The van der Waals surface area contributed by atoms with Gasteiger partial charge in [-0.1, -0.05) is 18.2 Å². The van der Waals surface area contributed by atoms with Crippen LogP contribution in [0.25, 0.3) is 0 Å². The van der Waals surface area contributed by atoms with E-state index in [9.17, 15) is 14.0 Å². The number of hydrogen-bond acceptors (Lipinski definition) is 2. The van der Waals surface area contributed by atoms with Crippen LogP contribution in [0.2, 0.25) is 0 Å². The van der Waals surface area contributed by atoms with E-state index in [0.29, 0.717) is 35.1 Å². The molecule has 1 fully saturated rings. The highest BCUT2D eigenvalue weighted by atomic mass is 127. The molecule has 4 nitrogen and oxygen atoms in total. The van der Waals surface area contributed by atoms with Crippen LogP contribution < -0.4 is 5.32 Å². The average Bonchev–Trinajstić information content (AvgIpc) is 2.62. The van der Waals surface area contributed by atoms with Gasteiger partial charge in [-0.2, -0.15) is 0 Å². The number of carbonyl (C=O) groups excluding carboxylic acids is 2. The molecular weight excluding hydrogens is 434 g/mol. The number of nitrogens with zero attached hydrogens (tertiary/aromatic N) is 1. The highest BCUT2D eigenvalue weighted by molar-refractivity contribution is 14.1. The fourth-order valence-electron chi connectivity index (χ4n) is 2.94. The summed E-state index contributed by atoms with van der Waals surface area (Å²) in [7, 11) is 0. The Morgan fingerprint density at radius 3 is 2.40 bits per heavy atom. The van der Waals surface area contributed by atoms with Crippen LogP contribution in [-0.4, -0.2) is 29.8 Å². The van der Waals surface area contributed by atoms with Crippen molar-refractivity contribution in [2.45, 2.75) is 12.8 Å². The first-order chi connectivity index (χ1) is 12.0. The number of anilines is 1. The van der Waals surface area contributed by atoms with Crippen LogP contribution in [0.5, 0.6) is 0 Å². The summed E-state index contributed by atoms with van der Waals surface area (Å²) in [5.74, 6) is -0.560. The first-order valence-corrected chi connectivity index (χ1v) is 9.22. The third-order valence-corrected chi connectivity index (χ3v) is 5.25. The van der Waals surface area contributed by atoms with Crippen molar-refractivity contribution in [1.29, 1.82) is 0 Å². The molecular formula is C19H18FIN2O2. The summed E-state index contributed by atoms with van der Waals surface area (Å²) in [6.45, 7) is 1.05. The lowest BCUT2D eigenvalue weighted by atomic mass is 9.95. The topological polar surface area (TPSA) is 49.4 Å². The molecule has 0 aromatic heterocycles. The molecule has 1 aliphatic rings. The Hall–Kier alpha value is -1.96. The zero-order chi connectivity index (χ0) is 17.8. The second-order valence-electron chi connectivity index (χ2n) is 6.05. The molecule has 0 atom stereocenters. The van der Waals surface area contributed by atoms with Gasteiger partial charge in [-0.3, -0.25) is 9.59 Å². The van der Waals surface area contributed by atoms with Crippen molar-refractivity contribution in [3.63, 3.8) is 0 Å². The lowest BCUT2D eigenvalue weighted by Crippen LogP contribution is -2.41. The van der Waals surface area contributed by atoms with Gasteiger partial charge < -0.3 is 10.2 Å². The summed E-state index contributed by atoms with van der Waals surface area (Å²) in [4.78, 5) is 26.7. The third-order valence-electron chi connectivity index (χ3n) is 4.36. The first kappa shape index (κ1) is 17.8. The molecule has 0 bridgehead atoms. The van der Waals surface area contributed by atoms with Crippen molar-refractivity contribution in [2.24, 2.45) is 5.92 Å². The van der Waals surface area contributed by atoms with Gasteiger partial charge in [0.25, 0.3) is 5.91 Å². The first-order valence-electron chi connectivity index (χ1n) is 8.15. The van der Waals surface area contributed by atoms with Gasteiger partial charge in [0.2, 0.25) is 5.91 Å². The highest BCUT2D eigenvalue weighted by Gasteiger charge is 2.28. The van der Waals surface area contributed by atoms with Crippen molar-refractivity contribution >= 4 is 40.1 Å². The molecule has 0 radical (unpaired) electrons. The molecule has 130 valence electrons. The number of nitrogens with one attached hydrogen (secondary N) is 1. The number of hydrogen-bond donors (Lipinski definition) is 1. The van der Waals surface area contributed by atoms with Crippen LogP contribution in [0.15, 0.2) is 48.5 Å². The molecule has 1 heterocycles. The van der Waals surface area contributed by atoms with E-state index in [1.807, 2.05) is 52.9 Å². The fourth-order valence-corrected chi connectivity index (χ4v) is 3.65. The lowest BCUT2D eigenvalue weighted by molar-refractivity contribution is -0.121. The summed E-state index contributed by atoms with van der Waals surface area (Å²) >= 11 is 1.97. The number of piperidine rings is 1. The monoisotopic (exact) mass is 452 g/mol. The Morgan fingerprint density at radius 2 is 1.76 bits per heavy atom. The van der Waals surface area contributed by atoms with Crippen molar-refractivity contribution in [3.8, 4) is 0 Å². The molecule has 1 N–H and O–H groups in total. The molecule has 0 aliphatic carbocycles. The Balaban J connectivity index is 1.58. The summed E-state index contributed by atoms with van der Waals surface area (Å²) in [6, 6.07) is 13.5. The molecule has 6 heteroatoms. The Kier molecular flexibility index (Phi) is 5.67. The van der Waals surface area contributed by atoms with Gasteiger partial charge in [-0.05, 0) is 65.8 Å². The standard InChI is InChI=1S/C19H18FIN2O2/c20-14-6-7-16(17(21)12-14)19(25)23-10-8-13(9-11-23)18(24)22-15-4-2-1-3-5-15/h1-7,12-13H,8-11H2,(H,22,24). The van der Waals surface area contributed by atoms with E-state index in [-0.39, 0.29) is 23.5 Å². The van der Waals surface area contributed by atoms with Crippen molar-refractivity contribution < 1.29 is 14.0 Å². The van der Waals surface area contributed by atoms with E-state index in [1.54, 1.807) is 4.90 Å². The van der Waals surface area contributed by atoms with Gasteiger partial charge in [0.05, 0.1) is 5.56 Å². The number of halogens is 2. The molecule has 1 saturated heterocycles. The van der Waals surface area contributed by atoms with Gasteiger partial charge >= 0.3 is 0 Å². The maximum Gasteiger partial charge on any atom is 0.254 e. The molecule has 2 amide bonds. The molecule has 2 aromatic carbocycles. The number of rotatable bonds is 3. The highest BCUT2D eigenvalue weighted by Crippen LogP contribution is 2.23. The molecule has 0 unspecified atom stereocenters. The Labute approximate surface area is 159 Å². The van der Waals surface area contributed by atoms with E-state index >= 15 is 0 Å². The van der Waals surface area contributed by atoms with Gasteiger partial charge in [0.15, 0.2) is 0 Å². The SMILES string of the molecule is O=C(Nc1ccccc1)C1CCN(C(=O)c2ccc(F)cc2I)CC1. The predicted molar refractivity (Wildman–Crippen MR) is 103 cm³/mol. The zero-order valence-corrected chi connectivity index (χ0v) is 15.7. The van der Waals surface area contributed by atoms with E-state index in [0.717, 1.165) is 5.69 Å². The molecule has 25 heavy (non-hydrogen) atoms. The van der Waals surface area contributed by atoms with Crippen LogP contribution in [0.3, 0.4) is 0 Å². The summed E-state index contributed by atoms with van der Waals surface area (Å²) < 4.78 is 13.8. The number of carbonyl (C=O) groups is 2. The van der Waals surface area contributed by atoms with Gasteiger partial charge in [0.1, 0.15) is 5.82 Å². The predicted octanol–water partition coefficient (Wildman–Crippen LogP) is 3.92. The van der Waals surface area contributed by atoms with Crippen LogP contribution in [0.4, 0.5) is 10.1 Å². The van der Waals surface area contributed by atoms with E-state index < -0.39 is 0 Å². The lowest BCUT2D eigenvalue weighted by Gasteiger charge is -2.31. The Bertz CT molecular complexity index is 774. The Morgan fingerprint density at radius 1 is 1.08 bits per heavy atom. The minimum Gasteiger partial charge on any atom is -0.339 e. The quantitative estimate of drug-likeness (QED) is 0.718. The van der Waals surface area contributed by atoms with E-state index in [2.05, 4.69) is 5.32 Å². The largest absolute Gasteiger partial charge is 0.339 e. The zero-order valence-electron chi connectivity index (χ0n) is 13.5. The van der Waals surface area contributed by atoms with Crippen molar-refractivity contribution in [2.75, 3.05) is 18.4 Å². The molecule has 2 aromatic rings. The summed E-state index contributed by atoms with van der Waals surface area (Å²) in [5.41, 5.74) is 1.29. The number of para-hydroxylation sites is 1. The van der Waals surface area contributed by atoms with Crippen molar-refractivity contribution in [3.05, 3.63) is 63.5 Å². The molecule has 0 saturated carbocycles.